The van der Waals surface area contributed by atoms with Crippen LogP contribution in [0.3, 0.4) is 0 Å². The van der Waals surface area contributed by atoms with Crippen LogP contribution in [-0.2, 0) is 27.9 Å². The number of carbonyl (C=O) groups is 2. The van der Waals surface area contributed by atoms with E-state index in [1.165, 1.54) is 12.7 Å². The Balaban J connectivity index is 0.00000300. The second kappa shape index (κ2) is 9.41. The Morgan fingerprint density at radius 2 is 1.93 bits per heavy atom. The molecule has 1 aliphatic rings. The third kappa shape index (κ3) is 5.36. The summed E-state index contributed by atoms with van der Waals surface area (Å²) in [6.07, 6.45) is 0.872. The molecule has 0 radical (unpaired) electrons. The third-order valence-electron chi connectivity index (χ3n) is 5.10. The number of benzene rings is 1. The quantitative estimate of drug-likeness (QED) is 0.646. The summed E-state index contributed by atoms with van der Waals surface area (Å²) in [6, 6.07) is 7.49. The Bertz CT molecular complexity index is 856. The number of halogens is 1. The molecular weight excluding hydrogens is 392 g/mol. The molecule has 1 aromatic heterocycles. The zero-order valence-electron chi connectivity index (χ0n) is 17.3. The van der Waals surface area contributed by atoms with Gasteiger partial charge in [0.05, 0.1) is 19.6 Å². The minimum atomic E-state index is -0.488. The Labute approximate surface area is 177 Å². The number of nitrogens with one attached hydrogen (secondary N) is 3. The van der Waals surface area contributed by atoms with Crippen LogP contribution in [0.2, 0.25) is 0 Å². The number of methoxy groups -OCH3 is 1. The molecule has 1 amide bonds. The number of aromatic amines is 1. The van der Waals surface area contributed by atoms with Gasteiger partial charge in [-0.05, 0) is 16.5 Å². The van der Waals surface area contributed by atoms with Gasteiger partial charge in [0.1, 0.15) is 0 Å². The van der Waals surface area contributed by atoms with Crippen LogP contribution < -0.4 is 10.6 Å². The summed E-state index contributed by atoms with van der Waals surface area (Å²) in [5, 5.41) is 13.4. The molecule has 0 saturated heterocycles. The van der Waals surface area contributed by atoms with Crippen LogP contribution in [0.15, 0.2) is 24.3 Å². The molecule has 8 heteroatoms. The minimum absolute atomic E-state index is 0. The van der Waals surface area contributed by atoms with Crippen molar-refractivity contribution in [3.8, 4) is 0 Å². The van der Waals surface area contributed by atoms with E-state index in [0.717, 1.165) is 29.8 Å². The largest absolute Gasteiger partial charge is 0.469 e. The van der Waals surface area contributed by atoms with Gasteiger partial charge >= 0.3 is 5.97 Å². The highest BCUT2D eigenvalue weighted by Gasteiger charge is 2.26. The number of rotatable bonds is 5. The van der Waals surface area contributed by atoms with Gasteiger partial charge in [-0.1, -0.05) is 45.0 Å². The van der Waals surface area contributed by atoms with Crippen molar-refractivity contribution in [1.29, 1.82) is 0 Å². The number of aromatic nitrogens is 2. The van der Waals surface area contributed by atoms with Crippen molar-refractivity contribution in [1.82, 2.24) is 20.8 Å². The summed E-state index contributed by atoms with van der Waals surface area (Å²) in [7, 11) is 1.35. The van der Waals surface area contributed by atoms with E-state index in [4.69, 9.17) is 4.74 Å². The van der Waals surface area contributed by atoms with Crippen LogP contribution in [0.25, 0.3) is 0 Å². The summed E-state index contributed by atoms with van der Waals surface area (Å²) in [6.45, 7) is 7.90. The van der Waals surface area contributed by atoms with Crippen molar-refractivity contribution in [3.05, 3.63) is 52.3 Å². The number of H-pyrrole nitrogens is 1. The first-order valence-electron chi connectivity index (χ1n) is 9.54. The van der Waals surface area contributed by atoms with Gasteiger partial charge in [0, 0.05) is 30.8 Å². The number of hydrogen-bond acceptors (Lipinski definition) is 5. The highest BCUT2D eigenvalue weighted by Crippen LogP contribution is 2.26. The van der Waals surface area contributed by atoms with Crippen LogP contribution in [0.5, 0.6) is 0 Å². The number of amides is 1. The van der Waals surface area contributed by atoms with Crippen molar-refractivity contribution >= 4 is 24.3 Å². The van der Waals surface area contributed by atoms with Crippen molar-refractivity contribution in [2.24, 2.45) is 0 Å². The van der Waals surface area contributed by atoms with E-state index in [9.17, 15) is 9.59 Å². The fourth-order valence-corrected chi connectivity index (χ4v) is 3.36. The lowest BCUT2D eigenvalue weighted by Gasteiger charge is -2.22. The topological polar surface area (TPSA) is 96.1 Å². The smallest absolute Gasteiger partial charge is 0.307 e. The molecule has 7 nitrogen and oxygen atoms in total. The van der Waals surface area contributed by atoms with E-state index in [0.29, 0.717) is 12.2 Å². The zero-order chi connectivity index (χ0) is 20.3. The van der Waals surface area contributed by atoms with Crippen LogP contribution in [0, 0.1) is 0 Å². The maximum atomic E-state index is 12.9. The second-order valence-electron chi connectivity index (χ2n) is 8.13. The van der Waals surface area contributed by atoms with E-state index in [1.54, 1.807) is 0 Å². The number of fused-ring (bicyclic) bond motifs is 1. The molecule has 0 fully saturated rings. The molecule has 2 heterocycles. The lowest BCUT2D eigenvalue weighted by atomic mass is 9.86. The van der Waals surface area contributed by atoms with Gasteiger partial charge in [0.15, 0.2) is 5.69 Å². The van der Waals surface area contributed by atoms with Gasteiger partial charge in [0.25, 0.3) is 5.91 Å². The van der Waals surface area contributed by atoms with E-state index >= 15 is 0 Å². The fourth-order valence-electron chi connectivity index (χ4n) is 3.36. The highest BCUT2D eigenvalue weighted by molar-refractivity contribution is 5.94. The Morgan fingerprint density at radius 1 is 1.24 bits per heavy atom. The SMILES string of the molecule is COC(=O)CC(NC(=O)c1n[nH]c2c1CNCC2)c1ccc(C(C)(C)C)cc1.Cl. The lowest BCUT2D eigenvalue weighted by molar-refractivity contribution is -0.141. The first-order valence-corrected chi connectivity index (χ1v) is 9.54. The zero-order valence-corrected chi connectivity index (χ0v) is 18.1. The van der Waals surface area contributed by atoms with Crippen molar-refractivity contribution in [3.63, 3.8) is 0 Å². The molecule has 0 aliphatic carbocycles. The predicted octanol–water partition coefficient (Wildman–Crippen LogP) is 2.81. The van der Waals surface area contributed by atoms with Crippen LogP contribution in [0.4, 0.5) is 0 Å². The van der Waals surface area contributed by atoms with Gasteiger partial charge in [-0.25, -0.2) is 0 Å². The molecule has 0 bridgehead atoms. The Hall–Kier alpha value is -2.38. The van der Waals surface area contributed by atoms with E-state index < -0.39 is 6.04 Å². The van der Waals surface area contributed by atoms with Crippen LogP contribution in [-0.4, -0.2) is 35.7 Å². The molecular formula is C21H29ClN4O3. The first-order chi connectivity index (χ1) is 13.3. The molecule has 1 atom stereocenters. The summed E-state index contributed by atoms with van der Waals surface area (Å²) in [5.41, 5.74) is 4.33. The van der Waals surface area contributed by atoms with Crippen molar-refractivity contribution < 1.29 is 14.3 Å². The molecule has 1 unspecified atom stereocenters. The molecule has 1 aromatic carbocycles. The van der Waals surface area contributed by atoms with E-state index in [-0.39, 0.29) is 36.1 Å². The maximum Gasteiger partial charge on any atom is 0.307 e. The number of hydrogen-bond donors (Lipinski definition) is 3. The average Bonchev–Trinajstić information content (AvgIpc) is 3.11. The molecule has 1 aliphatic heterocycles. The normalized spacial score (nSPS) is 14.3. The Morgan fingerprint density at radius 3 is 2.55 bits per heavy atom. The average molecular weight is 421 g/mol. The number of ether oxygens (including phenoxy) is 1. The number of carbonyl (C=O) groups excluding carboxylic acids is 2. The first kappa shape index (κ1) is 22.9. The van der Waals surface area contributed by atoms with Crippen molar-refractivity contribution in [2.75, 3.05) is 13.7 Å². The Kier molecular flexibility index (Phi) is 7.43. The molecule has 158 valence electrons. The third-order valence-corrected chi connectivity index (χ3v) is 5.10. The number of esters is 1. The molecule has 2 aromatic rings. The number of nitrogens with zero attached hydrogens (tertiary/aromatic N) is 1. The van der Waals surface area contributed by atoms with Gasteiger partial charge in [-0.2, -0.15) is 5.10 Å². The minimum Gasteiger partial charge on any atom is -0.469 e. The summed E-state index contributed by atoms with van der Waals surface area (Å²) >= 11 is 0. The van der Waals surface area contributed by atoms with Crippen LogP contribution >= 0.6 is 12.4 Å². The van der Waals surface area contributed by atoms with E-state index in [2.05, 4.69) is 41.6 Å². The van der Waals surface area contributed by atoms with E-state index in [1.807, 2.05) is 24.3 Å². The summed E-state index contributed by atoms with van der Waals surface area (Å²) in [5.74, 6) is -0.675. The fraction of sp³-hybridized carbons (Fsp3) is 0.476. The predicted molar refractivity (Wildman–Crippen MR) is 113 cm³/mol. The van der Waals surface area contributed by atoms with Crippen molar-refractivity contribution in [2.45, 2.75) is 51.6 Å². The second-order valence-corrected chi connectivity index (χ2v) is 8.13. The summed E-state index contributed by atoms with van der Waals surface area (Å²) < 4.78 is 4.82. The highest BCUT2D eigenvalue weighted by atomic mass is 35.5. The molecule has 0 saturated carbocycles. The molecule has 0 spiro atoms. The van der Waals surface area contributed by atoms with Gasteiger partial charge in [-0.15, -0.1) is 12.4 Å². The molecule has 29 heavy (non-hydrogen) atoms. The maximum absolute atomic E-state index is 12.9. The molecule has 3 N–H and O–H groups in total. The van der Waals surface area contributed by atoms with Gasteiger partial charge < -0.3 is 15.4 Å². The molecule has 3 rings (SSSR count). The standard InChI is InChI=1S/C21H28N4O3.ClH/c1-21(2,3)14-7-5-13(6-8-14)17(11-18(26)28-4)23-20(27)19-15-12-22-10-9-16(15)24-25-19;/h5-8,17,22H,9-12H2,1-4H3,(H,23,27)(H,24,25);1H. The summed E-state index contributed by atoms with van der Waals surface area (Å²) in [4.78, 5) is 24.8. The van der Waals surface area contributed by atoms with Gasteiger partial charge in [-0.3, -0.25) is 14.7 Å². The van der Waals surface area contributed by atoms with Gasteiger partial charge in [0.2, 0.25) is 0 Å². The monoisotopic (exact) mass is 420 g/mol. The van der Waals surface area contributed by atoms with Crippen LogP contribution in [0.1, 0.15) is 66.1 Å². The lowest BCUT2D eigenvalue weighted by Crippen LogP contribution is -2.32.